The maximum Gasteiger partial charge on any atom is 0.309 e. The first-order chi connectivity index (χ1) is 6.08. The molecule has 5 nitrogen and oxygen atoms in total. The van der Waals surface area contributed by atoms with Crippen molar-refractivity contribution in [1.29, 1.82) is 0 Å². The van der Waals surface area contributed by atoms with E-state index < -0.39 is 18.9 Å². The summed E-state index contributed by atoms with van der Waals surface area (Å²) in [4.78, 5) is 10.2. The second-order valence-electron chi connectivity index (χ2n) is 2.39. The first-order valence-corrected chi connectivity index (χ1v) is 3.47. The van der Waals surface area contributed by atoms with E-state index in [1.165, 1.54) is 6.20 Å². The summed E-state index contributed by atoms with van der Waals surface area (Å²) >= 11 is 0. The molecule has 0 bridgehead atoms. The third-order valence-electron chi connectivity index (χ3n) is 1.24. The highest BCUT2D eigenvalue weighted by molar-refractivity contribution is 5.69. The van der Waals surface area contributed by atoms with Crippen LogP contribution in [-0.2, 0) is 17.8 Å². The van der Waals surface area contributed by atoms with E-state index in [1.54, 1.807) is 0 Å². The van der Waals surface area contributed by atoms with Crippen LogP contribution in [-0.4, -0.2) is 32.5 Å². The van der Waals surface area contributed by atoms with Crippen LogP contribution >= 0.6 is 0 Å². The van der Waals surface area contributed by atoms with Gasteiger partial charge in [0.1, 0.15) is 6.54 Å². The Hall–Kier alpha value is -1.53. The Bertz CT molecular complexity index is 300. The fraction of sp³-hybridized carbons (Fsp3) is 0.500. The molecule has 0 unspecified atom stereocenters. The molecule has 0 aliphatic rings. The first kappa shape index (κ1) is 9.56. The van der Waals surface area contributed by atoms with Crippen molar-refractivity contribution in [2.24, 2.45) is 0 Å². The molecule has 72 valence electrons. The van der Waals surface area contributed by atoms with Crippen molar-refractivity contribution < 1.29 is 18.7 Å². The highest BCUT2D eigenvalue weighted by Crippen LogP contribution is 1.99. The van der Waals surface area contributed by atoms with Gasteiger partial charge in [-0.1, -0.05) is 5.21 Å². The number of hydrogen-bond acceptors (Lipinski definition) is 3. The van der Waals surface area contributed by atoms with Gasteiger partial charge in [0, 0.05) is 6.20 Å². The van der Waals surface area contributed by atoms with E-state index in [0.29, 0.717) is 0 Å². The predicted molar refractivity (Wildman–Crippen MR) is 37.4 cm³/mol. The monoisotopic (exact) mass is 191 g/mol. The molecule has 1 aromatic rings. The highest BCUT2D eigenvalue weighted by Gasteiger charge is 2.08. The summed E-state index contributed by atoms with van der Waals surface area (Å²) in [6.45, 7) is -0.563. The average molecular weight is 191 g/mol. The largest absolute Gasteiger partial charge is 0.481 e. The van der Waals surface area contributed by atoms with Crippen molar-refractivity contribution in [1.82, 2.24) is 15.0 Å². The van der Waals surface area contributed by atoms with Crippen LogP contribution in [0.1, 0.15) is 5.69 Å². The third kappa shape index (κ3) is 3.14. The lowest BCUT2D eigenvalue weighted by Crippen LogP contribution is -2.06. The molecular formula is C6H7F2N3O2. The molecule has 7 heteroatoms. The minimum absolute atomic E-state index is 0.174. The molecule has 0 aliphatic heterocycles. The SMILES string of the molecule is O=C(O)Cc1cn(CC(F)F)nn1. The zero-order valence-corrected chi connectivity index (χ0v) is 6.52. The van der Waals surface area contributed by atoms with E-state index in [9.17, 15) is 13.6 Å². The fourth-order valence-electron chi connectivity index (χ4n) is 0.805. The number of carbonyl (C=O) groups is 1. The molecule has 1 rings (SSSR count). The number of aromatic nitrogens is 3. The first-order valence-electron chi connectivity index (χ1n) is 3.47. The van der Waals surface area contributed by atoms with Crippen molar-refractivity contribution in [2.75, 3.05) is 0 Å². The molecule has 0 saturated carbocycles. The van der Waals surface area contributed by atoms with Crippen LogP contribution in [0.15, 0.2) is 6.20 Å². The lowest BCUT2D eigenvalue weighted by atomic mass is 10.3. The number of nitrogens with zero attached hydrogens (tertiary/aromatic N) is 3. The van der Waals surface area contributed by atoms with E-state index in [1.807, 2.05) is 0 Å². The van der Waals surface area contributed by atoms with Crippen LogP contribution in [0, 0.1) is 0 Å². The van der Waals surface area contributed by atoms with Gasteiger partial charge in [-0.15, -0.1) is 5.10 Å². The van der Waals surface area contributed by atoms with Gasteiger partial charge in [-0.05, 0) is 0 Å². The molecule has 0 amide bonds. The number of carboxylic acid groups (broad SMARTS) is 1. The van der Waals surface area contributed by atoms with Crippen LogP contribution in [0.5, 0.6) is 0 Å². The van der Waals surface area contributed by atoms with Crippen molar-refractivity contribution in [3.8, 4) is 0 Å². The van der Waals surface area contributed by atoms with Crippen LogP contribution < -0.4 is 0 Å². The van der Waals surface area contributed by atoms with Gasteiger partial charge in [-0.3, -0.25) is 4.79 Å². The van der Waals surface area contributed by atoms with Crippen LogP contribution in [0.25, 0.3) is 0 Å². The second-order valence-corrected chi connectivity index (χ2v) is 2.39. The fourth-order valence-corrected chi connectivity index (χ4v) is 0.805. The highest BCUT2D eigenvalue weighted by atomic mass is 19.3. The lowest BCUT2D eigenvalue weighted by Gasteiger charge is -1.95. The number of hydrogen-bond donors (Lipinski definition) is 1. The zero-order valence-electron chi connectivity index (χ0n) is 6.52. The number of aliphatic carboxylic acids is 1. The van der Waals surface area contributed by atoms with E-state index >= 15 is 0 Å². The summed E-state index contributed by atoms with van der Waals surface area (Å²) in [5.74, 6) is -1.07. The maximum absolute atomic E-state index is 11.8. The van der Waals surface area contributed by atoms with Crippen molar-refractivity contribution >= 4 is 5.97 Å². The second kappa shape index (κ2) is 3.92. The Morgan fingerprint density at radius 3 is 2.92 bits per heavy atom. The summed E-state index contributed by atoms with van der Waals surface area (Å²) < 4.78 is 24.5. The molecular weight excluding hydrogens is 184 g/mol. The molecule has 1 N–H and O–H groups in total. The van der Waals surface area contributed by atoms with Gasteiger partial charge in [-0.25, -0.2) is 13.5 Å². The molecule has 0 fully saturated rings. The van der Waals surface area contributed by atoms with Crippen LogP contribution in [0.2, 0.25) is 0 Å². The molecule has 0 spiro atoms. The van der Waals surface area contributed by atoms with Gasteiger partial charge < -0.3 is 5.11 Å². The molecule has 0 aliphatic carbocycles. The van der Waals surface area contributed by atoms with E-state index in [-0.39, 0.29) is 12.1 Å². The molecule has 1 aromatic heterocycles. The Morgan fingerprint density at radius 1 is 1.69 bits per heavy atom. The normalized spacial score (nSPS) is 10.7. The van der Waals surface area contributed by atoms with Crippen LogP contribution in [0.4, 0.5) is 8.78 Å². The van der Waals surface area contributed by atoms with Crippen molar-refractivity contribution in [3.05, 3.63) is 11.9 Å². The Morgan fingerprint density at radius 2 is 2.38 bits per heavy atom. The van der Waals surface area contributed by atoms with Gasteiger partial charge in [0.2, 0.25) is 0 Å². The maximum atomic E-state index is 11.8. The van der Waals surface area contributed by atoms with E-state index in [2.05, 4.69) is 10.3 Å². The molecule has 1 heterocycles. The smallest absolute Gasteiger partial charge is 0.309 e. The minimum Gasteiger partial charge on any atom is -0.481 e. The molecule has 13 heavy (non-hydrogen) atoms. The number of halogens is 2. The average Bonchev–Trinajstić information content (AvgIpc) is 2.33. The summed E-state index contributed by atoms with van der Waals surface area (Å²) in [6, 6.07) is 0. The number of rotatable bonds is 4. The number of alkyl halides is 2. The Labute approximate surface area is 72.0 Å². The van der Waals surface area contributed by atoms with Gasteiger partial charge in [-0.2, -0.15) is 0 Å². The molecule has 0 atom stereocenters. The molecule has 0 saturated heterocycles. The van der Waals surface area contributed by atoms with Gasteiger partial charge in [0.15, 0.2) is 0 Å². The van der Waals surface area contributed by atoms with Gasteiger partial charge >= 0.3 is 5.97 Å². The number of carboxylic acids is 1. The zero-order chi connectivity index (χ0) is 9.84. The summed E-state index contributed by atoms with van der Waals surface area (Å²) in [5.41, 5.74) is 0.174. The van der Waals surface area contributed by atoms with E-state index in [0.717, 1.165) is 4.68 Å². The Kier molecular flexibility index (Phi) is 2.88. The quantitative estimate of drug-likeness (QED) is 0.736. The third-order valence-corrected chi connectivity index (χ3v) is 1.24. The summed E-state index contributed by atoms with van der Waals surface area (Å²) in [7, 11) is 0. The molecule has 0 aromatic carbocycles. The van der Waals surface area contributed by atoms with Crippen molar-refractivity contribution in [3.63, 3.8) is 0 Å². The van der Waals surface area contributed by atoms with Gasteiger partial charge in [0.05, 0.1) is 12.1 Å². The van der Waals surface area contributed by atoms with Gasteiger partial charge in [0.25, 0.3) is 6.43 Å². The van der Waals surface area contributed by atoms with E-state index in [4.69, 9.17) is 5.11 Å². The predicted octanol–water partition coefficient (Wildman–Crippen LogP) is 0.170. The Balaban J connectivity index is 2.58. The van der Waals surface area contributed by atoms with Crippen LogP contribution in [0.3, 0.4) is 0 Å². The van der Waals surface area contributed by atoms with Crippen molar-refractivity contribution in [2.45, 2.75) is 19.4 Å². The standard InChI is InChI=1S/C6H7F2N3O2/c7-5(8)3-11-2-4(9-10-11)1-6(12)13/h2,5H,1,3H2,(H,12,13). The molecule has 0 radical (unpaired) electrons. The summed E-state index contributed by atoms with van der Waals surface area (Å²) in [6.07, 6.45) is -1.62. The topological polar surface area (TPSA) is 68.0 Å². The minimum atomic E-state index is -2.51. The lowest BCUT2D eigenvalue weighted by molar-refractivity contribution is -0.136. The summed E-state index contributed by atoms with van der Waals surface area (Å²) in [5, 5.41) is 15.1.